The smallest absolute Gasteiger partial charge is 0.166 e. The first-order valence-electron chi connectivity index (χ1n) is 6.76. The number of nitrogens with zero attached hydrogens (tertiary/aromatic N) is 1. The van der Waals surface area contributed by atoms with Gasteiger partial charge in [0.05, 0.1) is 0 Å². The summed E-state index contributed by atoms with van der Waals surface area (Å²) in [5.41, 5.74) is -0.0793. The highest BCUT2D eigenvalue weighted by Crippen LogP contribution is 2.46. The molecule has 1 atom stereocenters. The van der Waals surface area contributed by atoms with Crippen molar-refractivity contribution >= 4 is 24.8 Å². The largest absolute Gasteiger partial charge is 0.314 e. The Labute approximate surface area is 134 Å². The van der Waals surface area contributed by atoms with Gasteiger partial charge >= 0.3 is 0 Å². The maximum Gasteiger partial charge on any atom is 0.166 e. The SMILES string of the molecule is Cl.Cl.Fc1ccc(F)c([C@H](C2CC2)N2CCNCC2)c1F. The Morgan fingerprint density at radius 1 is 1.00 bits per heavy atom. The van der Waals surface area contributed by atoms with Crippen LogP contribution >= 0.6 is 24.8 Å². The van der Waals surface area contributed by atoms with Crippen LogP contribution in [0.25, 0.3) is 0 Å². The maximum absolute atomic E-state index is 14.0. The Morgan fingerprint density at radius 3 is 2.14 bits per heavy atom. The van der Waals surface area contributed by atoms with E-state index < -0.39 is 17.5 Å². The van der Waals surface area contributed by atoms with E-state index in [4.69, 9.17) is 0 Å². The zero-order valence-corrected chi connectivity index (χ0v) is 13.1. The molecule has 2 fully saturated rings. The molecule has 1 aliphatic carbocycles. The van der Waals surface area contributed by atoms with Crippen LogP contribution in [-0.2, 0) is 0 Å². The Balaban J connectivity index is 0.00000110. The molecule has 0 unspecified atom stereocenters. The molecule has 7 heteroatoms. The molecule has 1 saturated carbocycles. The number of hydrogen-bond acceptors (Lipinski definition) is 2. The standard InChI is InChI=1S/C14H17F3N2.2ClH/c15-10-3-4-11(16)13(17)12(10)14(9-1-2-9)19-7-5-18-6-8-19;;/h3-4,9,14,18H,1-2,5-8H2;2*1H/t14-;;/m0../s1. The molecule has 1 saturated heterocycles. The molecule has 1 aromatic rings. The van der Waals surface area contributed by atoms with Crippen LogP contribution in [0, 0.1) is 23.4 Å². The van der Waals surface area contributed by atoms with Crippen molar-refractivity contribution < 1.29 is 13.2 Å². The van der Waals surface area contributed by atoms with E-state index in [1.165, 1.54) is 0 Å². The topological polar surface area (TPSA) is 15.3 Å². The molecule has 0 amide bonds. The summed E-state index contributed by atoms with van der Waals surface area (Å²) < 4.78 is 41.4. The quantitative estimate of drug-likeness (QED) is 0.848. The van der Waals surface area contributed by atoms with Gasteiger partial charge in [0.1, 0.15) is 5.82 Å². The van der Waals surface area contributed by atoms with Crippen molar-refractivity contribution in [2.75, 3.05) is 26.2 Å². The molecule has 1 aliphatic heterocycles. The molecule has 2 nitrogen and oxygen atoms in total. The number of hydrogen-bond donors (Lipinski definition) is 1. The molecule has 0 aromatic heterocycles. The van der Waals surface area contributed by atoms with E-state index in [0.717, 1.165) is 51.2 Å². The molecule has 21 heavy (non-hydrogen) atoms. The summed E-state index contributed by atoms with van der Waals surface area (Å²) in [6, 6.07) is 1.57. The number of rotatable bonds is 3. The number of piperazine rings is 1. The lowest BCUT2D eigenvalue weighted by Crippen LogP contribution is -2.46. The summed E-state index contributed by atoms with van der Waals surface area (Å²) >= 11 is 0. The predicted molar refractivity (Wildman–Crippen MR) is 80.7 cm³/mol. The zero-order valence-electron chi connectivity index (χ0n) is 11.4. The van der Waals surface area contributed by atoms with Gasteiger partial charge in [0, 0.05) is 37.8 Å². The molecule has 0 radical (unpaired) electrons. The second kappa shape index (κ2) is 7.68. The minimum atomic E-state index is -1.02. The fourth-order valence-corrected chi connectivity index (χ4v) is 2.90. The highest BCUT2D eigenvalue weighted by atomic mass is 35.5. The molecule has 0 bridgehead atoms. The first-order valence-corrected chi connectivity index (χ1v) is 6.76. The fraction of sp³-hybridized carbons (Fsp3) is 0.571. The molecule has 1 N–H and O–H groups in total. The molecule has 2 aliphatic rings. The van der Waals surface area contributed by atoms with Crippen molar-refractivity contribution in [1.29, 1.82) is 0 Å². The Kier molecular flexibility index (Phi) is 6.78. The van der Waals surface area contributed by atoms with Gasteiger partial charge in [-0.05, 0) is 30.9 Å². The first-order chi connectivity index (χ1) is 9.18. The third-order valence-corrected chi connectivity index (χ3v) is 3.99. The maximum atomic E-state index is 14.0. The Hall–Kier alpha value is -0.490. The van der Waals surface area contributed by atoms with Crippen LogP contribution in [0.3, 0.4) is 0 Å². The summed E-state index contributed by atoms with van der Waals surface area (Å²) in [6.07, 6.45) is 1.92. The van der Waals surface area contributed by atoms with Gasteiger partial charge in [-0.3, -0.25) is 4.90 Å². The van der Waals surface area contributed by atoms with Crippen LogP contribution < -0.4 is 5.32 Å². The predicted octanol–water partition coefficient (Wildman–Crippen LogP) is 3.30. The molecule has 1 heterocycles. The molecule has 0 spiro atoms. The second-order valence-electron chi connectivity index (χ2n) is 5.33. The van der Waals surface area contributed by atoms with Gasteiger partial charge in [-0.2, -0.15) is 0 Å². The van der Waals surface area contributed by atoms with Gasteiger partial charge in [0.25, 0.3) is 0 Å². The van der Waals surface area contributed by atoms with Crippen LogP contribution in [0.15, 0.2) is 12.1 Å². The number of nitrogens with one attached hydrogen (secondary N) is 1. The van der Waals surface area contributed by atoms with E-state index in [1.54, 1.807) is 0 Å². The summed E-state index contributed by atoms with van der Waals surface area (Å²) in [6.45, 7) is 3.11. The van der Waals surface area contributed by atoms with Crippen molar-refractivity contribution in [3.63, 3.8) is 0 Å². The molecular weight excluding hydrogens is 324 g/mol. The van der Waals surface area contributed by atoms with Gasteiger partial charge in [0.15, 0.2) is 11.6 Å². The van der Waals surface area contributed by atoms with E-state index in [-0.39, 0.29) is 42.3 Å². The second-order valence-corrected chi connectivity index (χ2v) is 5.33. The zero-order chi connectivity index (χ0) is 13.4. The lowest BCUT2D eigenvalue weighted by Gasteiger charge is -2.35. The molecular formula is C14H19Cl2F3N2. The highest BCUT2D eigenvalue weighted by molar-refractivity contribution is 5.85. The van der Waals surface area contributed by atoms with Crippen molar-refractivity contribution in [2.45, 2.75) is 18.9 Å². The minimum absolute atomic E-state index is 0. The van der Waals surface area contributed by atoms with Crippen LogP contribution in [0.4, 0.5) is 13.2 Å². The summed E-state index contributed by atoms with van der Waals surface area (Å²) in [4.78, 5) is 2.08. The van der Waals surface area contributed by atoms with E-state index in [9.17, 15) is 13.2 Å². The van der Waals surface area contributed by atoms with E-state index in [0.29, 0.717) is 0 Å². The van der Waals surface area contributed by atoms with Crippen molar-refractivity contribution in [1.82, 2.24) is 10.2 Å². The van der Waals surface area contributed by atoms with Crippen LogP contribution in [0.2, 0.25) is 0 Å². The van der Waals surface area contributed by atoms with Gasteiger partial charge in [0.2, 0.25) is 0 Å². The first kappa shape index (κ1) is 18.6. The number of halogens is 5. The normalized spacial score (nSPS) is 20.3. The van der Waals surface area contributed by atoms with Crippen LogP contribution in [0.5, 0.6) is 0 Å². The summed E-state index contributed by atoms with van der Waals surface area (Å²) in [7, 11) is 0. The van der Waals surface area contributed by atoms with E-state index >= 15 is 0 Å². The van der Waals surface area contributed by atoms with Gasteiger partial charge in [-0.15, -0.1) is 24.8 Å². The van der Waals surface area contributed by atoms with Gasteiger partial charge in [-0.1, -0.05) is 0 Å². The van der Waals surface area contributed by atoms with Crippen molar-refractivity contribution in [3.05, 3.63) is 35.1 Å². The van der Waals surface area contributed by atoms with E-state index in [1.807, 2.05) is 0 Å². The van der Waals surface area contributed by atoms with Crippen molar-refractivity contribution in [2.24, 2.45) is 5.92 Å². The summed E-state index contributed by atoms with van der Waals surface area (Å²) in [5.74, 6) is -2.36. The Bertz CT molecular complexity index is 478. The minimum Gasteiger partial charge on any atom is -0.314 e. The van der Waals surface area contributed by atoms with Gasteiger partial charge in [-0.25, -0.2) is 13.2 Å². The third-order valence-electron chi connectivity index (χ3n) is 3.99. The third kappa shape index (κ3) is 3.83. The monoisotopic (exact) mass is 342 g/mol. The van der Waals surface area contributed by atoms with Crippen LogP contribution in [-0.4, -0.2) is 31.1 Å². The van der Waals surface area contributed by atoms with Crippen LogP contribution in [0.1, 0.15) is 24.4 Å². The highest BCUT2D eigenvalue weighted by Gasteiger charge is 2.40. The lowest BCUT2D eigenvalue weighted by molar-refractivity contribution is 0.148. The molecule has 1 aromatic carbocycles. The Morgan fingerprint density at radius 2 is 1.57 bits per heavy atom. The van der Waals surface area contributed by atoms with Crippen molar-refractivity contribution in [3.8, 4) is 0 Å². The summed E-state index contributed by atoms with van der Waals surface area (Å²) in [5, 5.41) is 3.22. The lowest BCUT2D eigenvalue weighted by atomic mass is 9.98. The fourth-order valence-electron chi connectivity index (χ4n) is 2.90. The van der Waals surface area contributed by atoms with Gasteiger partial charge < -0.3 is 5.32 Å². The molecule has 3 rings (SSSR count). The average molecular weight is 343 g/mol. The van der Waals surface area contributed by atoms with E-state index in [2.05, 4.69) is 10.2 Å². The average Bonchev–Trinajstić information content (AvgIpc) is 3.24. The molecule has 120 valence electrons. The number of benzene rings is 1.